The maximum Gasteiger partial charge on any atom is 0.137 e. The molecule has 0 aromatic carbocycles. The van der Waals surface area contributed by atoms with Crippen molar-refractivity contribution in [2.75, 3.05) is 13.1 Å². The van der Waals surface area contributed by atoms with Crippen molar-refractivity contribution in [1.29, 1.82) is 0 Å². The average molecular weight is 157 g/mol. The zero-order valence-corrected chi connectivity index (χ0v) is 7.84. The summed E-state index contributed by atoms with van der Waals surface area (Å²) in [6, 6.07) is 0.139. The first-order valence-electron chi connectivity index (χ1n) is 4.49. The lowest BCUT2D eigenvalue weighted by Gasteiger charge is -2.24. The van der Waals surface area contributed by atoms with E-state index in [0.717, 1.165) is 32.2 Å². The molecular formula is C9H19NO. The molecule has 2 nitrogen and oxygen atoms in total. The normalized spacial score (nSPS) is 13.5. The van der Waals surface area contributed by atoms with Gasteiger partial charge in [-0.2, -0.15) is 0 Å². The summed E-state index contributed by atoms with van der Waals surface area (Å²) in [5, 5.41) is 0. The van der Waals surface area contributed by atoms with E-state index >= 15 is 0 Å². The van der Waals surface area contributed by atoms with E-state index in [9.17, 15) is 4.79 Å². The van der Waals surface area contributed by atoms with Gasteiger partial charge in [0.2, 0.25) is 0 Å². The van der Waals surface area contributed by atoms with Gasteiger partial charge in [-0.25, -0.2) is 0 Å². The number of hydrogen-bond donors (Lipinski definition) is 0. The van der Waals surface area contributed by atoms with Gasteiger partial charge >= 0.3 is 0 Å². The van der Waals surface area contributed by atoms with E-state index in [0.29, 0.717) is 0 Å². The number of nitrogens with zero attached hydrogens (tertiary/aromatic N) is 1. The molecule has 0 bridgehead atoms. The highest BCUT2D eigenvalue weighted by Crippen LogP contribution is 2.01. The van der Waals surface area contributed by atoms with Crippen molar-refractivity contribution in [1.82, 2.24) is 4.90 Å². The van der Waals surface area contributed by atoms with E-state index in [1.165, 1.54) is 0 Å². The molecule has 11 heavy (non-hydrogen) atoms. The Bertz CT molecular complexity index is 104. The van der Waals surface area contributed by atoms with Gasteiger partial charge in [0.1, 0.15) is 6.29 Å². The summed E-state index contributed by atoms with van der Waals surface area (Å²) >= 11 is 0. The predicted molar refractivity (Wildman–Crippen MR) is 47.7 cm³/mol. The second-order valence-electron chi connectivity index (χ2n) is 2.74. The highest BCUT2D eigenvalue weighted by Gasteiger charge is 2.11. The highest BCUT2D eigenvalue weighted by atomic mass is 16.1. The van der Waals surface area contributed by atoms with E-state index in [4.69, 9.17) is 0 Å². The fourth-order valence-corrected chi connectivity index (χ4v) is 1.29. The molecule has 0 radical (unpaired) electrons. The predicted octanol–water partition coefficient (Wildman–Crippen LogP) is 1.70. The molecule has 0 amide bonds. The monoisotopic (exact) mass is 157 g/mol. The van der Waals surface area contributed by atoms with Crippen molar-refractivity contribution in [3.8, 4) is 0 Å². The Morgan fingerprint density at radius 3 is 2.27 bits per heavy atom. The Labute approximate surface area is 69.6 Å². The van der Waals surface area contributed by atoms with E-state index in [-0.39, 0.29) is 6.04 Å². The van der Waals surface area contributed by atoms with Crippen molar-refractivity contribution in [2.45, 2.75) is 39.7 Å². The van der Waals surface area contributed by atoms with Crippen molar-refractivity contribution >= 4 is 6.29 Å². The zero-order valence-electron chi connectivity index (χ0n) is 7.84. The van der Waals surface area contributed by atoms with Gasteiger partial charge < -0.3 is 4.79 Å². The van der Waals surface area contributed by atoms with Gasteiger partial charge in [0.05, 0.1) is 6.04 Å². The molecule has 0 heterocycles. The smallest absolute Gasteiger partial charge is 0.137 e. The third-order valence-electron chi connectivity index (χ3n) is 1.96. The Hall–Kier alpha value is -0.370. The lowest BCUT2D eigenvalue weighted by Crippen LogP contribution is -2.36. The van der Waals surface area contributed by atoms with Crippen molar-refractivity contribution in [2.24, 2.45) is 0 Å². The molecule has 2 heteroatoms. The van der Waals surface area contributed by atoms with E-state index in [1.807, 2.05) is 0 Å². The van der Waals surface area contributed by atoms with E-state index in [2.05, 4.69) is 25.7 Å². The second kappa shape index (κ2) is 6.35. The highest BCUT2D eigenvalue weighted by molar-refractivity contribution is 5.57. The van der Waals surface area contributed by atoms with Gasteiger partial charge in [0.25, 0.3) is 0 Å². The van der Waals surface area contributed by atoms with E-state index in [1.54, 1.807) is 0 Å². The molecule has 1 atom stereocenters. The van der Waals surface area contributed by atoms with Gasteiger partial charge in [-0.3, -0.25) is 4.90 Å². The molecule has 0 N–H and O–H groups in total. The molecule has 0 saturated carbocycles. The van der Waals surface area contributed by atoms with Crippen molar-refractivity contribution < 1.29 is 4.79 Å². The summed E-state index contributed by atoms with van der Waals surface area (Å²) in [4.78, 5) is 12.8. The maximum atomic E-state index is 10.6. The number of aldehydes is 1. The van der Waals surface area contributed by atoms with Crippen LogP contribution in [-0.2, 0) is 4.79 Å². The number of hydrogen-bond acceptors (Lipinski definition) is 2. The zero-order chi connectivity index (χ0) is 8.69. The Morgan fingerprint density at radius 2 is 2.00 bits per heavy atom. The number of carbonyl (C=O) groups excluding carboxylic acids is 1. The molecule has 0 aliphatic heterocycles. The van der Waals surface area contributed by atoms with Crippen LogP contribution in [0.4, 0.5) is 0 Å². The Kier molecular flexibility index (Phi) is 6.13. The lowest BCUT2D eigenvalue weighted by atomic mass is 10.2. The van der Waals surface area contributed by atoms with Crippen LogP contribution in [0.25, 0.3) is 0 Å². The van der Waals surface area contributed by atoms with Crippen LogP contribution in [0.15, 0.2) is 0 Å². The summed E-state index contributed by atoms with van der Waals surface area (Å²) in [6.07, 6.45) is 3.11. The van der Waals surface area contributed by atoms with Crippen molar-refractivity contribution in [3.63, 3.8) is 0 Å². The largest absolute Gasteiger partial charge is 0.302 e. The van der Waals surface area contributed by atoms with Crippen LogP contribution in [0.1, 0.15) is 33.6 Å². The molecular weight excluding hydrogens is 138 g/mol. The number of likely N-dealkylation sites (N-methyl/N-ethyl adjacent to an activating group) is 1. The van der Waals surface area contributed by atoms with Crippen molar-refractivity contribution in [3.05, 3.63) is 0 Å². The summed E-state index contributed by atoms with van der Waals surface area (Å²) in [6.45, 7) is 8.30. The first-order chi connectivity index (χ1) is 5.29. The molecule has 0 aliphatic rings. The summed E-state index contributed by atoms with van der Waals surface area (Å²) in [5.41, 5.74) is 0. The van der Waals surface area contributed by atoms with Gasteiger partial charge in [-0.05, 0) is 25.9 Å². The molecule has 1 unspecified atom stereocenters. The number of rotatable bonds is 6. The van der Waals surface area contributed by atoms with Crippen LogP contribution in [0.3, 0.4) is 0 Å². The molecule has 0 aliphatic carbocycles. The molecule has 0 spiro atoms. The molecule has 0 aromatic heterocycles. The molecule has 0 saturated heterocycles. The SMILES string of the molecule is CCCN(CC)C(C=O)CC. The van der Waals surface area contributed by atoms with Crippen LogP contribution in [0.2, 0.25) is 0 Å². The first-order valence-corrected chi connectivity index (χ1v) is 4.49. The summed E-state index contributed by atoms with van der Waals surface area (Å²) in [5.74, 6) is 0. The maximum absolute atomic E-state index is 10.6. The Morgan fingerprint density at radius 1 is 1.36 bits per heavy atom. The lowest BCUT2D eigenvalue weighted by molar-refractivity contribution is -0.112. The molecule has 0 fully saturated rings. The minimum absolute atomic E-state index is 0.139. The summed E-state index contributed by atoms with van der Waals surface area (Å²) in [7, 11) is 0. The first kappa shape index (κ1) is 10.6. The van der Waals surface area contributed by atoms with Gasteiger partial charge in [-0.1, -0.05) is 20.8 Å². The number of carbonyl (C=O) groups is 1. The topological polar surface area (TPSA) is 20.3 Å². The minimum atomic E-state index is 0.139. The fourth-order valence-electron chi connectivity index (χ4n) is 1.29. The van der Waals surface area contributed by atoms with E-state index < -0.39 is 0 Å². The third-order valence-corrected chi connectivity index (χ3v) is 1.96. The van der Waals surface area contributed by atoms with Crippen LogP contribution >= 0.6 is 0 Å². The van der Waals surface area contributed by atoms with Crippen LogP contribution in [0.5, 0.6) is 0 Å². The minimum Gasteiger partial charge on any atom is -0.302 e. The second-order valence-corrected chi connectivity index (χ2v) is 2.74. The molecule has 66 valence electrons. The quantitative estimate of drug-likeness (QED) is 0.547. The van der Waals surface area contributed by atoms with Gasteiger partial charge in [-0.15, -0.1) is 0 Å². The molecule has 0 rings (SSSR count). The van der Waals surface area contributed by atoms with Gasteiger partial charge in [0, 0.05) is 0 Å². The average Bonchev–Trinajstić information content (AvgIpc) is 2.05. The fraction of sp³-hybridized carbons (Fsp3) is 0.889. The van der Waals surface area contributed by atoms with Crippen LogP contribution < -0.4 is 0 Å². The standard InChI is InChI=1S/C9H19NO/c1-4-7-10(6-3)9(5-2)8-11/h8-9H,4-7H2,1-3H3. The van der Waals surface area contributed by atoms with Gasteiger partial charge in [0.15, 0.2) is 0 Å². The third kappa shape index (κ3) is 3.51. The Balaban J connectivity index is 3.86. The van der Waals surface area contributed by atoms with Crippen LogP contribution in [-0.4, -0.2) is 30.3 Å². The summed E-state index contributed by atoms with van der Waals surface area (Å²) < 4.78 is 0. The molecule has 0 aromatic rings. The van der Waals surface area contributed by atoms with Crippen LogP contribution in [0, 0.1) is 0 Å².